The minimum absolute atomic E-state index is 0.0653. The van der Waals surface area contributed by atoms with Crippen molar-refractivity contribution in [2.45, 2.75) is 26.7 Å². The fourth-order valence-electron chi connectivity index (χ4n) is 2.54. The van der Waals surface area contributed by atoms with Gasteiger partial charge in [0.2, 0.25) is 6.54 Å². The highest BCUT2D eigenvalue weighted by molar-refractivity contribution is 5.57. The second-order valence-electron chi connectivity index (χ2n) is 6.01. The molecule has 0 heterocycles. The molecule has 1 aliphatic rings. The van der Waals surface area contributed by atoms with Crippen molar-refractivity contribution in [3.63, 3.8) is 0 Å². The Morgan fingerprint density at radius 2 is 1.91 bits per heavy atom. The monoisotopic (exact) mass is 299 g/mol. The van der Waals surface area contributed by atoms with Crippen molar-refractivity contribution in [3.8, 4) is 18.2 Å². The molecular weight excluding hydrogens is 282 g/mol. The molecule has 0 aromatic heterocycles. The van der Waals surface area contributed by atoms with Crippen LogP contribution in [0.15, 0.2) is 22.4 Å². The highest BCUT2D eigenvalue weighted by atomic mass is 16.6. The van der Waals surface area contributed by atoms with Crippen molar-refractivity contribution >= 4 is 0 Å². The summed E-state index contributed by atoms with van der Waals surface area (Å²) in [5, 5.41) is 38.2. The average Bonchev–Trinajstić information content (AvgIpc) is 2.44. The quantitative estimate of drug-likeness (QED) is 0.446. The zero-order valence-electron chi connectivity index (χ0n) is 12.9. The van der Waals surface area contributed by atoms with E-state index in [0.29, 0.717) is 29.7 Å². The summed E-state index contributed by atoms with van der Waals surface area (Å²) in [5.41, 5.74) is 1.09. The maximum atomic E-state index is 10.5. The lowest BCUT2D eigenvalue weighted by Crippen LogP contribution is -2.32. The number of likely N-dealkylation sites (N-methyl/N-ethyl adjacent to an activating group) is 1. The maximum absolute atomic E-state index is 10.5. The number of nitrogens with zero attached hydrogens (tertiary/aromatic N) is 5. The molecule has 0 saturated heterocycles. The van der Waals surface area contributed by atoms with E-state index in [2.05, 4.69) is 6.07 Å². The SMILES string of the molecule is CN(CC[N+](=O)[O-])C1=C(C#N)C(=C(C#N)C#N)CC(C)(C)C1. The summed E-state index contributed by atoms with van der Waals surface area (Å²) >= 11 is 0. The molecule has 0 radical (unpaired) electrons. The zero-order valence-corrected chi connectivity index (χ0v) is 12.9. The molecule has 0 N–H and O–H groups in total. The first kappa shape index (κ1) is 17.2. The van der Waals surface area contributed by atoms with Gasteiger partial charge >= 0.3 is 0 Å². The van der Waals surface area contributed by atoms with Crippen molar-refractivity contribution in [1.82, 2.24) is 4.90 Å². The van der Waals surface area contributed by atoms with Crippen LogP contribution in [0.3, 0.4) is 0 Å². The Morgan fingerprint density at radius 1 is 1.32 bits per heavy atom. The zero-order chi connectivity index (χ0) is 16.9. The largest absolute Gasteiger partial charge is 0.370 e. The molecule has 1 rings (SSSR count). The first-order chi connectivity index (χ1) is 10.3. The summed E-state index contributed by atoms with van der Waals surface area (Å²) in [5.74, 6) is 0. The maximum Gasteiger partial charge on any atom is 0.221 e. The fraction of sp³-hybridized carbons (Fsp3) is 0.533. The molecule has 0 aromatic carbocycles. The Labute approximate surface area is 129 Å². The van der Waals surface area contributed by atoms with Gasteiger partial charge in [-0.1, -0.05) is 13.8 Å². The molecule has 0 fully saturated rings. The Balaban J connectivity index is 3.40. The van der Waals surface area contributed by atoms with E-state index in [1.165, 1.54) is 0 Å². The normalized spacial score (nSPS) is 16.3. The number of allylic oxidation sites excluding steroid dienone is 4. The van der Waals surface area contributed by atoms with E-state index >= 15 is 0 Å². The third-order valence-corrected chi connectivity index (χ3v) is 3.61. The number of hydrogen-bond donors (Lipinski definition) is 0. The molecular formula is C15H17N5O2. The van der Waals surface area contributed by atoms with Crippen LogP contribution in [0.25, 0.3) is 0 Å². The van der Waals surface area contributed by atoms with E-state index in [1.54, 1.807) is 11.9 Å². The van der Waals surface area contributed by atoms with Gasteiger partial charge in [-0.15, -0.1) is 0 Å². The molecule has 0 bridgehead atoms. The molecule has 1 aliphatic carbocycles. The molecule has 22 heavy (non-hydrogen) atoms. The van der Waals surface area contributed by atoms with Crippen LogP contribution in [-0.2, 0) is 0 Å². The summed E-state index contributed by atoms with van der Waals surface area (Å²) in [6, 6.07) is 5.75. The van der Waals surface area contributed by atoms with Gasteiger partial charge in [-0.2, -0.15) is 15.8 Å². The van der Waals surface area contributed by atoms with E-state index in [4.69, 9.17) is 10.5 Å². The number of nitriles is 3. The van der Waals surface area contributed by atoms with Crippen LogP contribution >= 0.6 is 0 Å². The van der Waals surface area contributed by atoms with Gasteiger partial charge in [-0.05, 0) is 18.3 Å². The average molecular weight is 299 g/mol. The Morgan fingerprint density at radius 3 is 2.36 bits per heavy atom. The van der Waals surface area contributed by atoms with Crippen molar-refractivity contribution in [3.05, 3.63) is 32.5 Å². The highest BCUT2D eigenvalue weighted by Crippen LogP contribution is 2.43. The lowest BCUT2D eigenvalue weighted by atomic mass is 9.72. The third-order valence-electron chi connectivity index (χ3n) is 3.61. The topological polar surface area (TPSA) is 118 Å². The lowest BCUT2D eigenvalue weighted by molar-refractivity contribution is -0.479. The molecule has 0 unspecified atom stereocenters. The molecule has 0 amide bonds. The van der Waals surface area contributed by atoms with Crippen molar-refractivity contribution < 1.29 is 4.92 Å². The van der Waals surface area contributed by atoms with Crippen LogP contribution in [-0.4, -0.2) is 30.0 Å². The second kappa shape index (κ2) is 6.74. The first-order valence-electron chi connectivity index (χ1n) is 6.75. The Hall–Kier alpha value is -2.85. The molecule has 7 nitrogen and oxygen atoms in total. The van der Waals surface area contributed by atoms with Gasteiger partial charge < -0.3 is 4.90 Å². The minimum atomic E-state index is -0.413. The highest BCUT2D eigenvalue weighted by Gasteiger charge is 2.34. The molecule has 0 aromatic rings. The number of rotatable bonds is 4. The second-order valence-corrected chi connectivity index (χ2v) is 6.01. The van der Waals surface area contributed by atoms with E-state index in [0.717, 1.165) is 0 Å². The molecule has 0 atom stereocenters. The Kier molecular flexibility index (Phi) is 5.27. The van der Waals surface area contributed by atoms with Crippen molar-refractivity contribution in [2.24, 2.45) is 5.41 Å². The van der Waals surface area contributed by atoms with Crippen molar-refractivity contribution in [1.29, 1.82) is 15.8 Å². The van der Waals surface area contributed by atoms with Crippen LogP contribution in [0, 0.1) is 49.5 Å². The summed E-state index contributed by atoms with van der Waals surface area (Å²) in [6.07, 6.45) is 1.02. The summed E-state index contributed by atoms with van der Waals surface area (Å²) in [7, 11) is 1.69. The summed E-state index contributed by atoms with van der Waals surface area (Å²) in [4.78, 5) is 11.8. The summed E-state index contributed by atoms with van der Waals surface area (Å²) < 4.78 is 0. The van der Waals surface area contributed by atoms with E-state index in [-0.39, 0.29) is 24.1 Å². The molecule has 0 saturated carbocycles. The van der Waals surface area contributed by atoms with Crippen LogP contribution in [0.5, 0.6) is 0 Å². The molecule has 114 valence electrons. The smallest absolute Gasteiger partial charge is 0.221 e. The van der Waals surface area contributed by atoms with Crippen molar-refractivity contribution in [2.75, 3.05) is 20.1 Å². The van der Waals surface area contributed by atoms with Crippen LogP contribution in [0.4, 0.5) is 0 Å². The third kappa shape index (κ3) is 3.84. The van der Waals surface area contributed by atoms with Crippen LogP contribution in [0.2, 0.25) is 0 Å². The van der Waals surface area contributed by atoms with Crippen LogP contribution < -0.4 is 0 Å². The predicted molar refractivity (Wildman–Crippen MR) is 78.4 cm³/mol. The van der Waals surface area contributed by atoms with Gasteiger partial charge in [0.1, 0.15) is 23.8 Å². The standard InChI is InChI=1S/C15H17N5O2/c1-15(2)6-12(11(8-16)9-17)13(10-18)14(7-15)19(3)4-5-20(21)22/h4-7H2,1-3H3. The molecule has 0 aliphatic heterocycles. The first-order valence-corrected chi connectivity index (χ1v) is 6.75. The van der Waals surface area contributed by atoms with E-state index < -0.39 is 4.92 Å². The Bertz CT molecular complexity index is 652. The van der Waals surface area contributed by atoms with Crippen LogP contribution in [0.1, 0.15) is 26.7 Å². The van der Waals surface area contributed by atoms with Gasteiger partial charge in [0, 0.05) is 23.2 Å². The van der Waals surface area contributed by atoms with Gasteiger partial charge in [-0.3, -0.25) is 10.1 Å². The van der Waals surface area contributed by atoms with E-state index in [1.807, 2.05) is 26.0 Å². The fourth-order valence-corrected chi connectivity index (χ4v) is 2.54. The molecule has 0 spiro atoms. The van der Waals surface area contributed by atoms with Gasteiger partial charge in [0.15, 0.2) is 0 Å². The van der Waals surface area contributed by atoms with Gasteiger partial charge in [-0.25, -0.2) is 0 Å². The predicted octanol–water partition coefficient (Wildman–Crippen LogP) is 2.14. The minimum Gasteiger partial charge on any atom is -0.370 e. The summed E-state index contributed by atoms with van der Waals surface area (Å²) in [6.45, 7) is 3.90. The number of nitro groups is 1. The molecule has 7 heteroatoms. The van der Waals surface area contributed by atoms with Gasteiger partial charge in [0.25, 0.3) is 0 Å². The number of hydrogen-bond acceptors (Lipinski definition) is 6. The lowest BCUT2D eigenvalue weighted by Gasteiger charge is -2.36. The van der Waals surface area contributed by atoms with E-state index in [9.17, 15) is 15.4 Å². The van der Waals surface area contributed by atoms with Gasteiger partial charge in [0.05, 0.1) is 12.1 Å².